The summed E-state index contributed by atoms with van der Waals surface area (Å²) >= 11 is 1.81. The summed E-state index contributed by atoms with van der Waals surface area (Å²) in [4.78, 5) is 135. The Morgan fingerprint density at radius 2 is 0.922 bits per heavy atom. The second-order valence-corrected chi connectivity index (χ2v) is 28.7. The van der Waals surface area contributed by atoms with E-state index in [1.807, 2.05) is 56.9 Å². The molecule has 0 radical (unpaired) electrons. The maximum absolute atomic E-state index is 12.3. The molecule has 46 nitrogen and oxygen atoms in total. The molecule has 115 heavy (non-hydrogen) atoms. The van der Waals surface area contributed by atoms with Crippen LogP contribution in [0.25, 0.3) is 0 Å². The predicted molar refractivity (Wildman–Crippen MR) is 390 cm³/mol. The number of ether oxygens (including phenoxy) is 7. The second kappa shape index (κ2) is 41.0. The number of nitriles is 1. The molecule has 0 aliphatic carbocycles. The second-order valence-electron chi connectivity index (χ2n) is 27.5. The predicted octanol–water partition coefficient (Wildman–Crippen LogP) is -12.4. The number of aromatic nitrogens is 10. The van der Waals surface area contributed by atoms with E-state index in [1.54, 1.807) is 6.07 Å². The van der Waals surface area contributed by atoms with Gasteiger partial charge in [0.05, 0.1) is 106 Å². The number of morpholine rings is 1. The van der Waals surface area contributed by atoms with Crippen molar-refractivity contribution in [2.75, 3.05) is 90.5 Å². The third kappa shape index (κ3) is 21.4. The van der Waals surface area contributed by atoms with Crippen molar-refractivity contribution >= 4 is 11.8 Å². The van der Waals surface area contributed by atoms with Gasteiger partial charge in [0, 0.05) is 75.2 Å². The average Bonchev–Trinajstić information content (AvgIpc) is 1.58. The van der Waals surface area contributed by atoms with E-state index in [0.717, 1.165) is 50.1 Å². The first kappa shape index (κ1) is 90.4. The van der Waals surface area contributed by atoms with Gasteiger partial charge < -0.3 is 120 Å². The highest BCUT2D eigenvalue weighted by molar-refractivity contribution is 7.99. The van der Waals surface area contributed by atoms with Crippen LogP contribution < -0.4 is 56.2 Å². The Kier molecular flexibility index (Phi) is 32.2. The standard InChI is InChI=1S/C17H20N2O7.C14H21N3O7.C14H21N3O6S.C12H18N2O7.C11H13N3O6/c20-7-12-13(21)14(22)15(26-12)11-6-19(17(24)18-16(11)23)9-25-8-10-4-2-1-3-5-10;18-6-9-10(19)11(20)12(24-9)8-5-17(14(22)15-13(8)21)7-16-1-3-23-4-2-16;18-6-9-10(19)11(20)14(23-9,7-17-1-3-24-4-2-17)8-5-15-13(22)16-12(8)21;1-5(16)2-14-3-6(11(19)13-12(14)20)10-9(18)8(17)7(4-15)21-10;12-1-2-14-3-5(10(18)13-11(14)19)9-8(17)7(16)6(4-15)20-9/h1-6,12-15,20-22H,7-9H2,(H,18,23,24);5,9-12,18-20H,1-4,6-7H2,(H,15,21,22);5,9-11,18-20H,1-4,6-7H2,(H2,15,16,21,22);3,5,7-10,15-18H,2,4H2,1H3,(H,13,19,20);3,6-9,15-17H,2,4H2,(H,13,18,19)/t12-,13-,14-,15+;9-,10-,11-,12+;9-,10-,11-,14+;5-,7+,8+,9+,10-;6-,7-,8-,9+/m11101/s1. The molecule has 7 saturated heterocycles. The van der Waals surface area contributed by atoms with Crippen molar-refractivity contribution in [3.63, 3.8) is 0 Å². The SMILES string of the molecule is C[C@H](O)Cn1cc([C@@H]2O[C@H](CO)[C@@H](O)[C@H]2O)c(=O)[nH]c1=O.N#CCn1cc([C@@H]2O[C@H](CO)[C@@H](O)[C@H]2O)c(=O)[nH]c1=O.O=c1[nH]c(=O)n(CN2CCOCC2)cc1[C@@H]1O[C@H](CO)[C@@H](O)[C@H]1O.O=c1[nH]c(=O)n(COCc2ccccc2)cc1[C@@H]1O[C@H](CO)[C@@H](O)[C@H]1O.O=c1[nH]cc([C@]2(CN3CCSCC3)O[C@H](CO)[C@@H](O)[C@H]2O)c(=O)[nH]1. The Balaban J connectivity index is 0.000000165. The molecule has 5 aromatic heterocycles. The number of hydrogen-bond acceptors (Lipinski definition) is 37. The van der Waals surface area contributed by atoms with Gasteiger partial charge in [-0.2, -0.15) is 17.0 Å². The van der Waals surface area contributed by atoms with Crippen LogP contribution >= 0.6 is 11.8 Å². The molecule has 0 bridgehead atoms. The number of thioether (sulfide) groups is 1. The number of rotatable bonds is 21. The minimum absolute atomic E-state index is 0.0304. The lowest BCUT2D eigenvalue weighted by Crippen LogP contribution is -2.53. The molecular formula is C68H93N13O33S. The maximum Gasteiger partial charge on any atom is 0.330 e. The van der Waals surface area contributed by atoms with Crippen molar-refractivity contribution in [3.05, 3.63) is 199 Å². The molecule has 7 aliphatic heterocycles. The molecule has 7 aliphatic rings. The Bertz CT molecular complexity index is 4860. The Labute approximate surface area is 650 Å². The van der Waals surface area contributed by atoms with Gasteiger partial charge in [-0.1, -0.05) is 30.3 Å². The van der Waals surface area contributed by atoms with Crippen LogP contribution in [0.5, 0.6) is 0 Å². The molecule has 6 aromatic rings. The minimum atomic E-state index is -1.52. The Morgan fingerprint density at radius 1 is 0.513 bits per heavy atom. The quantitative estimate of drug-likeness (QED) is 0.0318. The van der Waals surface area contributed by atoms with E-state index in [2.05, 4.69) is 24.9 Å². The van der Waals surface area contributed by atoms with Crippen LogP contribution in [0, 0.1) is 11.3 Å². The smallest absolute Gasteiger partial charge is 0.330 e. The van der Waals surface area contributed by atoms with Crippen molar-refractivity contribution in [1.82, 2.24) is 58.0 Å². The van der Waals surface area contributed by atoms with Crippen LogP contribution in [0.2, 0.25) is 0 Å². The summed E-state index contributed by atoms with van der Waals surface area (Å²) in [5.41, 5.74) is -7.71. The number of aromatic amines is 6. The molecule has 0 saturated carbocycles. The molecule has 0 amide bonds. The van der Waals surface area contributed by atoms with Crippen LogP contribution in [0.1, 0.15) is 64.7 Å². The van der Waals surface area contributed by atoms with Crippen molar-refractivity contribution in [3.8, 4) is 6.07 Å². The lowest BCUT2D eigenvalue weighted by atomic mass is 9.87. The van der Waals surface area contributed by atoms with Gasteiger partial charge in [-0.25, -0.2) is 24.0 Å². The number of H-pyrrole nitrogens is 6. The third-order valence-electron chi connectivity index (χ3n) is 19.6. The molecule has 12 heterocycles. The summed E-state index contributed by atoms with van der Waals surface area (Å²) in [7, 11) is 0. The molecular weight excluding hydrogens is 1560 g/mol. The maximum atomic E-state index is 12.3. The number of aliphatic hydroxyl groups excluding tert-OH is 16. The van der Waals surface area contributed by atoms with Crippen molar-refractivity contribution in [1.29, 1.82) is 5.26 Å². The van der Waals surface area contributed by atoms with Gasteiger partial charge in [0.15, 0.2) is 0 Å². The lowest BCUT2D eigenvalue weighted by molar-refractivity contribution is -0.113. The average molecular weight is 1650 g/mol. The summed E-state index contributed by atoms with van der Waals surface area (Å²) < 4.78 is 42.2. The molecule has 7 fully saturated rings. The van der Waals surface area contributed by atoms with Gasteiger partial charge in [0.2, 0.25) is 0 Å². The molecule has 0 unspecified atom stereocenters. The molecule has 0 spiro atoms. The van der Waals surface area contributed by atoms with Gasteiger partial charge in [0.1, 0.15) is 135 Å². The van der Waals surface area contributed by atoms with Gasteiger partial charge >= 0.3 is 28.4 Å². The fourth-order valence-corrected chi connectivity index (χ4v) is 14.4. The van der Waals surface area contributed by atoms with E-state index in [0.29, 0.717) is 26.3 Å². The molecule has 22 N–H and O–H groups in total. The topological polar surface area (TPSA) is 704 Å². The number of benzene rings is 1. The van der Waals surface area contributed by atoms with Crippen LogP contribution in [0.4, 0.5) is 0 Å². The van der Waals surface area contributed by atoms with Gasteiger partial charge in [0.25, 0.3) is 27.8 Å². The molecule has 634 valence electrons. The van der Waals surface area contributed by atoms with E-state index in [-0.39, 0.29) is 67.5 Å². The summed E-state index contributed by atoms with van der Waals surface area (Å²) in [6, 6.07) is 11.1. The first-order valence-corrected chi connectivity index (χ1v) is 37.1. The van der Waals surface area contributed by atoms with E-state index < -0.39 is 217 Å². The van der Waals surface area contributed by atoms with Gasteiger partial charge in [-0.05, 0) is 12.5 Å². The van der Waals surface area contributed by atoms with Crippen molar-refractivity contribution in [2.24, 2.45) is 0 Å². The molecule has 13 rings (SSSR count). The highest BCUT2D eigenvalue weighted by atomic mass is 32.2. The number of hydrogen-bond donors (Lipinski definition) is 22. The largest absolute Gasteiger partial charge is 0.394 e. The van der Waals surface area contributed by atoms with E-state index in [1.165, 1.54) is 36.3 Å². The molecule has 21 atom stereocenters. The summed E-state index contributed by atoms with van der Waals surface area (Å²) in [6.07, 6.45) is -18.1. The van der Waals surface area contributed by atoms with Crippen LogP contribution in [-0.4, -0.2) is 328 Å². The van der Waals surface area contributed by atoms with E-state index in [9.17, 15) is 109 Å². The van der Waals surface area contributed by atoms with Crippen LogP contribution in [0.3, 0.4) is 0 Å². The zero-order chi connectivity index (χ0) is 83.9. The fraction of sp³-hybridized carbons (Fsp3) is 0.603. The van der Waals surface area contributed by atoms with Crippen LogP contribution in [0.15, 0.2) is 109 Å². The lowest BCUT2D eigenvalue weighted by Gasteiger charge is -2.38. The third-order valence-corrected chi connectivity index (χ3v) is 20.6. The van der Waals surface area contributed by atoms with Crippen molar-refractivity contribution in [2.45, 2.75) is 168 Å². The van der Waals surface area contributed by atoms with E-state index in [4.69, 9.17) is 58.8 Å². The highest BCUT2D eigenvalue weighted by Crippen LogP contribution is 2.40. The highest BCUT2D eigenvalue weighted by Gasteiger charge is 2.57. The minimum Gasteiger partial charge on any atom is -0.394 e. The monoisotopic (exact) mass is 1650 g/mol. The normalized spacial score (nSPS) is 30.2. The van der Waals surface area contributed by atoms with Gasteiger partial charge in [-0.15, -0.1) is 0 Å². The number of aliphatic hydroxyl groups is 16. The summed E-state index contributed by atoms with van der Waals surface area (Å²) in [6.45, 7) is 3.20. The fourth-order valence-electron chi connectivity index (χ4n) is 13.4. The first-order valence-electron chi connectivity index (χ1n) is 35.9. The first-order chi connectivity index (χ1) is 54.8. The number of nitrogens with zero attached hydrogens (tertiary/aromatic N) is 7. The van der Waals surface area contributed by atoms with Crippen LogP contribution in [-0.2, 0) is 71.9 Å². The Morgan fingerprint density at radius 3 is 1.33 bits per heavy atom. The summed E-state index contributed by atoms with van der Waals surface area (Å²) in [5, 5.41) is 163. The zero-order valence-electron chi connectivity index (χ0n) is 61.4. The summed E-state index contributed by atoms with van der Waals surface area (Å²) in [5.74, 6) is 1.83. The number of nitrogens with one attached hydrogen (secondary N) is 6. The molecule has 1 aromatic carbocycles. The molecule has 47 heteroatoms. The van der Waals surface area contributed by atoms with E-state index >= 15 is 0 Å². The zero-order valence-corrected chi connectivity index (χ0v) is 62.2. The Hall–Kier alpha value is -8.54. The van der Waals surface area contributed by atoms with Gasteiger partial charge in [-0.3, -0.25) is 77.0 Å². The van der Waals surface area contributed by atoms with Crippen molar-refractivity contribution < 1.29 is 115 Å².